The zero-order chi connectivity index (χ0) is 14.6. The molecule has 0 amide bonds. The van der Waals surface area contributed by atoms with Crippen LogP contribution in [0, 0.1) is 5.92 Å². The summed E-state index contributed by atoms with van der Waals surface area (Å²) in [7, 11) is 0. The Labute approximate surface area is 115 Å². The molecule has 1 saturated carbocycles. The minimum absolute atomic E-state index is 0.188. The lowest BCUT2D eigenvalue weighted by molar-refractivity contribution is -0.208. The van der Waals surface area contributed by atoms with Crippen LogP contribution in [-0.4, -0.2) is 55.9 Å². The fourth-order valence-corrected chi connectivity index (χ4v) is 2.69. The highest BCUT2D eigenvalue weighted by molar-refractivity contribution is 5.75. The number of hydrogen-bond donors (Lipinski definition) is 1. The van der Waals surface area contributed by atoms with E-state index in [0.717, 1.165) is 52.1 Å². The molecule has 5 nitrogen and oxygen atoms in total. The molecule has 0 aromatic rings. The minimum atomic E-state index is -4.95. The highest BCUT2D eigenvalue weighted by atomic mass is 19.4. The van der Waals surface area contributed by atoms with E-state index in [0.29, 0.717) is 5.92 Å². The summed E-state index contributed by atoms with van der Waals surface area (Å²) in [6, 6.07) is -0.188. The van der Waals surface area contributed by atoms with Crippen molar-refractivity contribution in [1.82, 2.24) is 10.4 Å². The highest BCUT2D eigenvalue weighted by Crippen LogP contribution is 2.27. The molecule has 0 aromatic carbocycles. The Morgan fingerprint density at radius 1 is 1.30 bits per heavy atom. The van der Waals surface area contributed by atoms with Crippen LogP contribution in [0.3, 0.4) is 0 Å². The lowest BCUT2D eigenvalue weighted by Crippen LogP contribution is -2.39. The van der Waals surface area contributed by atoms with Crippen LogP contribution >= 0.6 is 0 Å². The lowest BCUT2D eigenvalue weighted by atomic mass is 10.1. The predicted octanol–water partition coefficient (Wildman–Crippen LogP) is 1.10. The molecule has 8 heteroatoms. The Morgan fingerprint density at radius 3 is 2.65 bits per heavy atom. The van der Waals surface area contributed by atoms with Gasteiger partial charge in [-0.15, -0.1) is 5.48 Å². The fourth-order valence-electron chi connectivity index (χ4n) is 2.69. The van der Waals surface area contributed by atoms with Crippen molar-refractivity contribution in [3.8, 4) is 0 Å². The van der Waals surface area contributed by atoms with Crippen LogP contribution in [0.2, 0.25) is 0 Å². The molecule has 2 atom stereocenters. The van der Waals surface area contributed by atoms with Gasteiger partial charge in [0.05, 0.1) is 13.2 Å². The van der Waals surface area contributed by atoms with Crippen molar-refractivity contribution in [1.29, 1.82) is 0 Å². The SMILES string of the molecule is O=C(ON[C@@H]1CC[C@H](CN2CCOCC2)C1)C(F)(F)F. The third kappa shape index (κ3) is 4.60. The summed E-state index contributed by atoms with van der Waals surface area (Å²) < 4.78 is 41.2. The zero-order valence-corrected chi connectivity index (χ0v) is 11.1. The summed E-state index contributed by atoms with van der Waals surface area (Å²) in [6.07, 6.45) is -2.57. The summed E-state index contributed by atoms with van der Waals surface area (Å²) in [5.74, 6) is -1.76. The molecule has 1 saturated heterocycles. The number of rotatable bonds is 4. The normalized spacial score (nSPS) is 28.6. The second kappa shape index (κ2) is 6.73. The molecule has 1 N–H and O–H groups in total. The van der Waals surface area contributed by atoms with E-state index < -0.39 is 12.1 Å². The van der Waals surface area contributed by atoms with E-state index in [1.165, 1.54) is 0 Å². The number of halogens is 3. The predicted molar refractivity (Wildman–Crippen MR) is 63.7 cm³/mol. The van der Waals surface area contributed by atoms with E-state index in [1.54, 1.807) is 0 Å². The summed E-state index contributed by atoms with van der Waals surface area (Å²) >= 11 is 0. The molecular weight excluding hydrogens is 277 g/mol. The standard InChI is InChI=1S/C12H19F3N2O3/c13-12(14,15)11(18)20-16-10-2-1-9(7-10)8-17-3-5-19-6-4-17/h9-10,16H,1-8H2/t9-,10+/m0/s1. The van der Waals surface area contributed by atoms with E-state index in [4.69, 9.17) is 4.74 Å². The molecule has 0 bridgehead atoms. The van der Waals surface area contributed by atoms with Gasteiger partial charge in [-0.1, -0.05) is 0 Å². The Morgan fingerprint density at radius 2 is 2.00 bits per heavy atom. The van der Waals surface area contributed by atoms with Gasteiger partial charge in [0, 0.05) is 25.7 Å². The summed E-state index contributed by atoms with van der Waals surface area (Å²) in [6.45, 7) is 4.19. The van der Waals surface area contributed by atoms with Crippen LogP contribution in [0.5, 0.6) is 0 Å². The molecule has 1 heterocycles. The number of hydroxylamine groups is 1. The van der Waals surface area contributed by atoms with Gasteiger partial charge < -0.3 is 9.57 Å². The van der Waals surface area contributed by atoms with Gasteiger partial charge in [-0.25, -0.2) is 4.79 Å². The second-order valence-corrected chi connectivity index (χ2v) is 5.29. The minimum Gasteiger partial charge on any atom is -0.379 e. The third-order valence-electron chi connectivity index (χ3n) is 3.71. The number of nitrogens with zero attached hydrogens (tertiary/aromatic N) is 1. The van der Waals surface area contributed by atoms with E-state index >= 15 is 0 Å². The summed E-state index contributed by atoms with van der Waals surface area (Å²) in [5, 5.41) is 0. The number of nitrogens with one attached hydrogen (secondary N) is 1. The maximum atomic E-state index is 12.0. The van der Waals surface area contributed by atoms with Crippen molar-refractivity contribution in [3.05, 3.63) is 0 Å². The van der Waals surface area contributed by atoms with Gasteiger partial charge in [0.25, 0.3) is 0 Å². The Bertz CT molecular complexity index is 332. The lowest BCUT2D eigenvalue weighted by Gasteiger charge is -2.29. The molecule has 0 spiro atoms. The van der Waals surface area contributed by atoms with Crippen LogP contribution in [-0.2, 0) is 14.4 Å². The first-order valence-corrected chi connectivity index (χ1v) is 6.79. The molecule has 116 valence electrons. The third-order valence-corrected chi connectivity index (χ3v) is 3.71. The average Bonchev–Trinajstić information content (AvgIpc) is 2.83. The Hall–Kier alpha value is -0.860. The summed E-state index contributed by atoms with van der Waals surface area (Å²) in [5.41, 5.74) is 2.24. The van der Waals surface area contributed by atoms with Crippen LogP contribution in [0.1, 0.15) is 19.3 Å². The Balaban J connectivity index is 1.66. The van der Waals surface area contributed by atoms with Crippen molar-refractivity contribution in [2.24, 2.45) is 5.92 Å². The molecule has 0 radical (unpaired) electrons. The van der Waals surface area contributed by atoms with Gasteiger partial charge >= 0.3 is 12.1 Å². The van der Waals surface area contributed by atoms with Gasteiger partial charge in [0.1, 0.15) is 0 Å². The molecule has 20 heavy (non-hydrogen) atoms. The van der Waals surface area contributed by atoms with Crippen LogP contribution in [0.15, 0.2) is 0 Å². The maximum absolute atomic E-state index is 12.0. The van der Waals surface area contributed by atoms with Crippen molar-refractivity contribution in [3.63, 3.8) is 0 Å². The van der Waals surface area contributed by atoms with Crippen LogP contribution in [0.25, 0.3) is 0 Å². The number of hydrogen-bond acceptors (Lipinski definition) is 5. The number of ether oxygens (including phenoxy) is 1. The van der Waals surface area contributed by atoms with Crippen molar-refractivity contribution in [2.45, 2.75) is 31.5 Å². The zero-order valence-electron chi connectivity index (χ0n) is 11.1. The molecule has 2 fully saturated rings. The molecule has 2 rings (SSSR count). The van der Waals surface area contributed by atoms with Crippen LogP contribution < -0.4 is 5.48 Å². The largest absolute Gasteiger partial charge is 0.492 e. The molecule has 2 aliphatic rings. The van der Waals surface area contributed by atoms with E-state index in [1.807, 2.05) is 0 Å². The topological polar surface area (TPSA) is 50.8 Å². The number of alkyl halides is 3. The first kappa shape index (κ1) is 15.5. The smallest absolute Gasteiger partial charge is 0.379 e. The van der Waals surface area contributed by atoms with Gasteiger partial charge in [-0.05, 0) is 25.2 Å². The van der Waals surface area contributed by atoms with Gasteiger partial charge in [0.2, 0.25) is 0 Å². The first-order valence-electron chi connectivity index (χ1n) is 6.79. The summed E-state index contributed by atoms with van der Waals surface area (Å²) in [4.78, 5) is 17.0. The Kier molecular flexibility index (Phi) is 5.22. The molecule has 1 aliphatic carbocycles. The first-order chi connectivity index (χ1) is 9.45. The maximum Gasteiger partial charge on any atom is 0.492 e. The van der Waals surface area contributed by atoms with Gasteiger partial charge in [0.15, 0.2) is 0 Å². The number of morpholine rings is 1. The van der Waals surface area contributed by atoms with Crippen molar-refractivity contribution >= 4 is 5.97 Å². The van der Waals surface area contributed by atoms with E-state index in [2.05, 4.69) is 15.2 Å². The number of carbonyl (C=O) groups excluding carboxylic acids is 1. The van der Waals surface area contributed by atoms with Crippen molar-refractivity contribution < 1.29 is 27.5 Å². The average molecular weight is 296 g/mol. The molecular formula is C12H19F3N2O3. The highest BCUT2D eigenvalue weighted by Gasteiger charge is 2.42. The van der Waals surface area contributed by atoms with Crippen LogP contribution in [0.4, 0.5) is 13.2 Å². The fraction of sp³-hybridized carbons (Fsp3) is 0.917. The van der Waals surface area contributed by atoms with E-state index in [9.17, 15) is 18.0 Å². The number of carbonyl (C=O) groups is 1. The van der Waals surface area contributed by atoms with Gasteiger partial charge in [-0.2, -0.15) is 13.2 Å². The second-order valence-electron chi connectivity index (χ2n) is 5.29. The molecule has 0 aromatic heterocycles. The molecule has 1 aliphatic heterocycles. The van der Waals surface area contributed by atoms with E-state index in [-0.39, 0.29) is 6.04 Å². The quantitative estimate of drug-likeness (QED) is 0.787. The molecule has 0 unspecified atom stereocenters. The van der Waals surface area contributed by atoms with Crippen molar-refractivity contribution in [2.75, 3.05) is 32.8 Å². The monoisotopic (exact) mass is 296 g/mol. The van der Waals surface area contributed by atoms with Gasteiger partial charge in [-0.3, -0.25) is 4.90 Å².